The monoisotopic (exact) mass is 463 g/mol. The molecule has 1 aliphatic heterocycles. The van der Waals surface area contributed by atoms with E-state index in [-0.39, 0.29) is 0 Å². The molecule has 0 spiro atoms. The van der Waals surface area contributed by atoms with Gasteiger partial charge in [-0.1, -0.05) is 83.9 Å². The van der Waals surface area contributed by atoms with Gasteiger partial charge in [-0.2, -0.15) is 0 Å². The summed E-state index contributed by atoms with van der Waals surface area (Å²) in [6.45, 7) is 12.4. The van der Waals surface area contributed by atoms with E-state index in [1.54, 1.807) is 0 Å². The minimum atomic E-state index is -0.515. The van der Waals surface area contributed by atoms with Crippen molar-refractivity contribution < 1.29 is 9.31 Å². The average Bonchev–Trinajstić information content (AvgIpc) is 3.06. The first kappa shape index (κ1) is 23.4. The van der Waals surface area contributed by atoms with Gasteiger partial charge in [0.05, 0.1) is 11.2 Å². The fourth-order valence-electron chi connectivity index (χ4n) is 4.04. The van der Waals surface area contributed by atoms with Gasteiger partial charge in [0.25, 0.3) is 0 Å². The molecule has 3 aromatic carbocycles. The van der Waals surface area contributed by atoms with E-state index in [9.17, 15) is 0 Å². The molecule has 6 heteroatoms. The predicted molar refractivity (Wildman–Crippen MR) is 141 cm³/mol. The van der Waals surface area contributed by atoms with E-state index in [4.69, 9.17) is 24.3 Å². The summed E-state index contributed by atoms with van der Waals surface area (Å²) in [5.74, 6) is 1.86. The Bertz CT molecular complexity index is 1290. The SMILES string of the molecule is Cc1ccc(-c2nc(-c3ccc(C)cc3)nc(-c3ccccc3B3OC(C)(C)C(C)(C)O3)n2)cc1. The summed E-state index contributed by atoms with van der Waals surface area (Å²) in [5.41, 5.74) is 5.16. The maximum absolute atomic E-state index is 6.37. The second kappa shape index (κ2) is 8.70. The summed E-state index contributed by atoms with van der Waals surface area (Å²) >= 11 is 0. The lowest BCUT2D eigenvalue weighted by Crippen LogP contribution is -2.41. The molecule has 176 valence electrons. The number of benzene rings is 3. The molecule has 0 N–H and O–H groups in total. The lowest BCUT2D eigenvalue weighted by molar-refractivity contribution is 0.00578. The number of hydrogen-bond acceptors (Lipinski definition) is 5. The second-order valence-corrected chi connectivity index (χ2v) is 10.2. The number of rotatable bonds is 4. The van der Waals surface area contributed by atoms with Crippen molar-refractivity contribution in [1.29, 1.82) is 0 Å². The Hall–Kier alpha value is -3.35. The third-order valence-electron chi connectivity index (χ3n) is 6.96. The fourth-order valence-corrected chi connectivity index (χ4v) is 4.04. The molecule has 0 radical (unpaired) electrons. The standard InChI is InChI=1S/C29H30BN3O2/c1-19-11-15-21(16-12-19)25-31-26(22-17-13-20(2)14-18-22)33-27(32-25)23-9-7-8-10-24(23)30-34-28(3,4)29(5,6)35-30/h7-18H,1-6H3. The van der Waals surface area contributed by atoms with E-state index in [1.165, 1.54) is 11.1 Å². The first-order valence-corrected chi connectivity index (χ1v) is 12.0. The minimum absolute atomic E-state index is 0.440. The van der Waals surface area contributed by atoms with E-state index < -0.39 is 18.3 Å². The maximum Gasteiger partial charge on any atom is 0.495 e. The molecule has 0 aliphatic carbocycles. The van der Waals surface area contributed by atoms with Crippen molar-refractivity contribution in [3.8, 4) is 34.2 Å². The van der Waals surface area contributed by atoms with Crippen molar-refractivity contribution in [2.45, 2.75) is 52.7 Å². The third-order valence-corrected chi connectivity index (χ3v) is 6.96. The Labute approximate surface area is 207 Å². The smallest absolute Gasteiger partial charge is 0.399 e. The van der Waals surface area contributed by atoms with Gasteiger partial charge < -0.3 is 9.31 Å². The molecule has 1 aromatic heterocycles. The van der Waals surface area contributed by atoms with Crippen molar-refractivity contribution in [2.24, 2.45) is 0 Å². The van der Waals surface area contributed by atoms with Crippen LogP contribution in [0.5, 0.6) is 0 Å². The summed E-state index contributed by atoms with van der Waals surface area (Å²) in [5, 5.41) is 0. The Morgan fingerprint density at radius 1 is 0.571 bits per heavy atom. The molecule has 1 saturated heterocycles. The summed E-state index contributed by atoms with van der Waals surface area (Å²) < 4.78 is 12.7. The average molecular weight is 463 g/mol. The lowest BCUT2D eigenvalue weighted by Gasteiger charge is -2.32. The zero-order valence-corrected chi connectivity index (χ0v) is 21.2. The maximum atomic E-state index is 6.37. The Balaban J connectivity index is 1.66. The predicted octanol–water partition coefficient (Wildman–Crippen LogP) is 5.79. The van der Waals surface area contributed by atoms with Crippen LogP contribution in [0.4, 0.5) is 0 Å². The van der Waals surface area contributed by atoms with Gasteiger partial charge in [0.15, 0.2) is 17.5 Å². The first-order valence-electron chi connectivity index (χ1n) is 12.0. The van der Waals surface area contributed by atoms with E-state index in [2.05, 4.69) is 65.8 Å². The number of aryl methyl sites for hydroxylation is 2. The molecule has 5 rings (SSSR count). The summed E-state index contributed by atoms with van der Waals surface area (Å²) in [6, 6.07) is 24.5. The molecule has 0 amide bonds. The van der Waals surface area contributed by atoms with Crippen molar-refractivity contribution in [3.05, 3.63) is 83.9 Å². The van der Waals surface area contributed by atoms with Crippen molar-refractivity contribution in [2.75, 3.05) is 0 Å². The molecule has 0 unspecified atom stereocenters. The molecule has 0 atom stereocenters. The molecule has 5 nitrogen and oxygen atoms in total. The molecule has 1 aliphatic rings. The number of aromatic nitrogens is 3. The van der Waals surface area contributed by atoms with E-state index in [0.717, 1.165) is 22.2 Å². The Morgan fingerprint density at radius 2 is 1.00 bits per heavy atom. The summed E-state index contributed by atoms with van der Waals surface area (Å²) in [7, 11) is -0.515. The zero-order chi connectivity index (χ0) is 24.8. The van der Waals surface area contributed by atoms with Gasteiger partial charge in [-0.15, -0.1) is 0 Å². The number of nitrogens with zero attached hydrogens (tertiary/aromatic N) is 3. The minimum Gasteiger partial charge on any atom is -0.399 e. The quantitative estimate of drug-likeness (QED) is 0.359. The van der Waals surface area contributed by atoms with Gasteiger partial charge in [0.1, 0.15) is 0 Å². The molecule has 1 fully saturated rings. The first-order chi connectivity index (χ1) is 16.6. The van der Waals surface area contributed by atoms with E-state index in [1.807, 2.05) is 48.5 Å². The van der Waals surface area contributed by atoms with Crippen LogP contribution < -0.4 is 5.46 Å². The molecule has 35 heavy (non-hydrogen) atoms. The highest BCUT2D eigenvalue weighted by molar-refractivity contribution is 6.63. The zero-order valence-electron chi connectivity index (χ0n) is 21.2. The topological polar surface area (TPSA) is 57.1 Å². The van der Waals surface area contributed by atoms with Crippen LogP contribution in [0.1, 0.15) is 38.8 Å². The molecular weight excluding hydrogens is 433 g/mol. The van der Waals surface area contributed by atoms with Crippen molar-refractivity contribution in [3.63, 3.8) is 0 Å². The third kappa shape index (κ3) is 4.52. The summed E-state index contributed by atoms with van der Waals surface area (Å²) in [6.07, 6.45) is 0. The van der Waals surface area contributed by atoms with E-state index in [0.29, 0.717) is 17.5 Å². The van der Waals surface area contributed by atoms with Gasteiger partial charge in [-0.3, -0.25) is 0 Å². The normalized spacial score (nSPS) is 16.5. The van der Waals surface area contributed by atoms with Crippen LogP contribution in [0, 0.1) is 13.8 Å². The van der Waals surface area contributed by atoms with Gasteiger partial charge in [0.2, 0.25) is 0 Å². The van der Waals surface area contributed by atoms with Gasteiger partial charge in [0, 0.05) is 16.7 Å². The van der Waals surface area contributed by atoms with Crippen LogP contribution in [0.2, 0.25) is 0 Å². The van der Waals surface area contributed by atoms with Crippen LogP contribution in [-0.2, 0) is 9.31 Å². The molecule has 0 saturated carbocycles. The summed E-state index contributed by atoms with van der Waals surface area (Å²) in [4.78, 5) is 14.7. The second-order valence-electron chi connectivity index (χ2n) is 10.2. The Kier molecular flexibility index (Phi) is 5.82. The van der Waals surface area contributed by atoms with Crippen LogP contribution in [0.25, 0.3) is 34.2 Å². The molecule has 4 aromatic rings. The van der Waals surface area contributed by atoms with Crippen LogP contribution in [0.3, 0.4) is 0 Å². The van der Waals surface area contributed by atoms with Crippen molar-refractivity contribution in [1.82, 2.24) is 15.0 Å². The molecule has 0 bridgehead atoms. The largest absolute Gasteiger partial charge is 0.495 e. The molecular formula is C29H30BN3O2. The highest BCUT2D eigenvalue weighted by atomic mass is 16.7. The molecule has 2 heterocycles. The lowest BCUT2D eigenvalue weighted by atomic mass is 9.75. The highest BCUT2D eigenvalue weighted by Crippen LogP contribution is 2.37. The van der Waals surface area contributed by atoms with Crippen LogP contribution >= 0.6 is 0 Å². The highest BCUT2D eigenvalue weighted by Gasteiger charge is 2.52. The van der Waals surface area contributed by atoms with Gasteiger partial charge in [-0.25, -0.2) is 15.0 Å². The number of hydrogen-bond donors (Lipinski definition) is 0. The van der Waals surface area contributed by atoms with Crippen molar-refractivity contribution >= 4 is 12.6 Å². The van der Waals surface area contributed by atoms with Crippen LogP contribution in [0.15, 0.2) is 72.8 Å². The Morgan fingerprint density at radius 3 is 1.49 bits per heavy atom. The van der Waals surface area contributed by atoms with E-state index >= 15 is 0 Å². The van der Waals surface area contributed by atoms with Crippen LogP contribution in [-0.4, -0.2) is 33.3 Å². The van der Waals surface area contributed by atoms with Gasteiger partial charge in [-0.05, 0) is 47.0 Å². The fraction of sp³-hybridized carbons (Fsp3) is 0.276. The van der Waals surface area contributed by atoms with Gasteiger partial charge >= 0.3 is 7.12 Å².